The molecule has 4 nitrogen and oxygen atoms in total. The summed E-state index contributed by atoms with van der Waals surface area (Å²) in [6.45, 7) is 2.69. The zero-order valence-corrected chi connectivity index (χ0v) is 11.5. The van der Waals surface area contributed by atoms with Crippen LogP contribution in [0.1, 0.15) is 11.5 Å². The van der Waals surface area contributed by atoms with Crippen molar-refractivity contribution >= 4 is 0 Å². The summed E-state index contributed by atoms with van der Waals surface area (Å²) in [5.41, 5.74) is 0. The molecule has 0 unspecified atom stereocenters. The summed E-state index contributed by atoms with van der Waals surface area (Å²) >= 11 is 0. The Kier molecular flexibility index (Phi) is 5.06. The van der Waals surface area contributed by atoms with Gasteiger partial charge in [-0.3, -0.25) is 9.80 Å². The molecule has 2 rings (SSSR count). The second-order valence-corrected chi connectivity index (χ2v) is 5.07. The van der Waals surface area contributed by atoms with Gasteiger partial charge in [0.05, 0.1) is 19.6 Å². The third-order valence-corrected chi connectivity index (χ3v) is 3.32. The highest BCUT2D eigenvalue weighted by molar-refractivity contribution is 5.07. The van der Waals surface area contributed by atoms with E-state index in [1.165, 1.54) is 4.90 Å². The zero-order chi connectivity index (χ0) is 14.6. The largest absolute Gasteiger partial charge is 0.463 e. The van der Waals surface area contributed by atoms with Crippen LogP contribution in [0.15, 0.2) is 16.5 Å². The van der Waals surface area contributed by atoms with Crippen LogP contribution >= 0.6 is 0 Å². The van der Waals surface area contributed by atoms with Crippen molar-refractivity contribution in [1.82, 2.24) is 15.1 Å². The van der Waals surface area contributed by atoms with E-state index in [2.05, 4.69) is 10.2 Å². The molecule has 0 aliphatic carbocycles. The van der Waals surface area contributed by atoms with Crippen molar-refractivity contribution in [3.8, 4) is 0 Å². The van der Waals surface area contributed by atoms with E-state index in [0.717, 1.165) is 11.5 Å². The molecule has 0 amide bonds. The molecule has 0 aromatic carbocycles. The first-order valence-corrected chi connectivity index (χ1v) is 6.70. The molecule has 2 heterocycles. The predicted octanol–water partition coefficient (Wildman–Crippen LogP) is 1.68. The molecule has 0 saturated carbocycles. The van der Waals surface area contributed by atoms with E-state index in [9.17, 15) is 13.2 Å². The molecule has 1 aromatic heterocycles. The summed E-state index contributed by atoms with van der Waals surface area (Å²) in [5.74, 6) is 1.73. The van der Waals surface area contributed by atoms with Crippen molar-refractivity contribution in [3.05, 3.63) is 23.7 Å². The second kappa shape index (κ2) is 6.60. The number of hydrogen-bond donors (Lipinski definition) is 1. The summed E-state index contributed by atoms with van der Waals surface area (Å²) in [7, 11) is 1.85. The van der Waals surface area contributed by atoms with E-state index >= 15 is 0 Å². The van der Waals surface area contributed by atoms with Gasteiger partial charge in [-0.1, -0.05) is 0 Å². The van der Waals surface area contributed by atoms with Crippen molar-refractivity contribution in [2.45, 2.75) is 19.3 Å². The number of furan rings is 1. The average molecular weight is 291 g/mol. The number of nitrogens with one attached hydrogen (secondary N) is 1. The van der Waals surface area contributed by atoms with Crippen LogP contribution in [0.2, 0.25) is 0 Å². The van der Waals surface area contributed by atoms with Gasteiger partial charge < -0.3 is 9.73 Å². The number of rotatable bonds is 5. The van der Waals surface area contributed by atoms with Crippen LogP contribution in [-0.2, 0) is 13.1 Å². The van der Waals surface area contributed by atoms with Gasteiger partial charge in [-0.05, 0) is 19.2 Å². The van der Waals surface area contributed by atoms with Crippen molar-refractivity contribution in [1.29, 1.82) is 0 Å². The molecule has 1 aliphatic heterocycles. The highest BCUT2D eigenvalue weighted by Gasteiger charge is 2.32. The van der Waals surface area contributed by atoms with Crippen LogP contribution in [0.3, 0.4) is 0 Å². The SMILES string of the molecule is CNCc1ccc(CN2CCN(CC(F)(F)F)CC2)o1. The average Bonchev–Trinajstić information content (AvgIpc) is 2.78. The van der Waals surface area contributed by atoms with Crippen LogP contribution in [0.25, 0.3) is 0 Å². The van der Waals surface area contributed by atoms with Crippen LogP contribution < -0.4 is 5.32 Å². The van der Waals surface area contributed by atoms with E-state index in [1.807, 2.05) is 19.2 Å². The zero-order valence-electron chi connectivity index (χ0n) is 11.5. The Balaban J connectivity index is 1.76. The van der Waals surface area contributed by atoms with Gasteiger partial charge in [0.15, 0.2) is 0 Å². The molecule has 0 radical (unpaired) electrons. The molecule has 1 aliphatic rings. The topological polar surface area (TPSA) is 31.6 Å². The highest BCUT2D eigenvalue weighted by atomic mass is 19.4. The summed E-state index contributed by atoms with van der Waals surface area (Å²) in [5, 5.41) is 3.01. The fraction of sp³-hybridized carbons (Fsp3) is 0.692. The fourth-order valence-electron chi connectivity index (χ4n) is 2.36. The number of piperazine rings is 1. The summed E-state index contributed by atoms with van der Waals surface area (Å²) in [6, 6.07) is 3.85. The van der Waals surface area contributed by atoms with E-state index < -0.39 is 12.7 Å². The Morgan fingerprint density at radius 2 is 1.70 bits per heavy atom. The Morgan fingerprint density at radius 3 is 2.30 bits per heavy atom. The van der Waals surface area contributed by atoms with E-state index in [-0.39, 0.29) is 0 Å². The Hall–Kier alpha value is -1.05. The van der Waals surface area contributed by atoms with Gasteiger partial charge in [0.25, 0.3) is 0 Å². The Labute approximate surface area is 116 Å². The first kappa shape index (κ1) is 15.3. The fourth-order valence-corrected chi connectivity index (χ4v) is 2.36. The molecule has 1 N–H and O–H groups in total. The van der Waals surface area contributed by atoms with Crippen molar-refractivity contribution in [2.75, 3.05) is 39.8 Å². The van der Waals surface area contributed by atoms with Gasteiger partial charge in [-0.2, -0.15) is 13.2 Å². The monoisotopic (exact) mass is 291 g/mol. The second-order valence-electron chi connectivity index (χ2n) is 5.07. The van der Waals surface area contributed by atoms with Crippen LogP contribution in [-0.4, -0.2) is 55.7 Å². The van der Waals surface area contributed by atoms with Gasteiger partial charge in [0.2, 0.25) is 0 Å². The molecule has 1 fully saturated rings. The standard InChI is InChI=1S/C13H20F3N3O/c1-17-8-11-2-3-12(20-11)9-18-4-6-19(7-5-18)10-13(14,15)16/h2-3,17H,4-10H2,1H3. The number of alkyl halides is 3. The Bertz CT molecular complexity index is 411. The minimum Gasteiger partial charge on any atom is -0.463 e. The summed E-state index contributed by atoms with van der Waals surface area (Å²) in [6.07, 6.45) is -4.11. The lowest BCUT2D eigenvalue weighted by Gasteiger charge is -2.34. The molecule has 114 valence electrons. The lowest BCUT2D eigenvalue weighted by molar-refractivity contribution is -0.149. The molecule has 0 atom stereocenters. The lowest BCUT2D eigenvalue weighted by atomic mass is 10.3. The van der Waals surface area contributed by atoms with Crippen molar-refractivity contribution < 1.29 is 17.6 Å². The molecule has 0 bridgehead atoms. The lowest BCUT2D eigenvalue weighted by Crippen LogP contribution is -2.48. The number of halogens is 3. The molecule has 0 spiro atoms. The maximum Gasteiger partial charge on any atom is 0.401 e. The molecule has 1 saturated heterocycles. The minimum atomic E-state index is -4.11. The summed E-state index contributed by atoms with van der Waals surface area (Å²) < 4.78 is 42.5. The predicted molar refractivity (Wildman–Crippen MR) is 69.2 cm³/mol. The first-order chi connectivity index (χ1) is 9.46. The van der Waals surface area contributed by atoms with E-state index in [1.54, 1.807) is 0 Å². The molecular formula is C13H20F3N3O. The first-order valence-electron chi connectivity index (χ1n) is 6.70. The van der Waals surface area contributed by atoms with E-state index in [4.69, 9.17) is 4.42 Å². The highest BCUT2D eigenvalue weighted by Crippen LogP contribution is 2.18. The van der Waals surface area contributed by atoms with Crippen LogP contribution in [0.4, 0.5) is 13.2 Å². The van der Waals surface area contributed by atoms with Crippen LogP contribution in [0.5, 0.6) is 0 Å². The number of hydrogen-bond acceptors (Lipinski definition) is 4. The maximum atomic E-state index is 12.3. The van der Waals surface area contributed by atoms with Crippen molar-refractivity contribution in [3.63, 3.8) is 0 Å². The van der Waals surface area contributed by atoms with Gasteiger partial charge >= 0.3 is 6.18 Å². The number of nitrogens with zero attached hydrogens (tertiary/aromatic N) is 2. The maximum absolute atomic E-state index is 12.3. The van der Waals surface area contributed by atoms with E-state index in [0.29, 0.717) is 39.3 Å². The van der Waals surface area contributed by atoms with Gasteiger partial charge in [-0.25, -0.2) is 0 Å². The Morgan fingerprint density at radius 1 is 1.10 bits per heavy atom. The quantitative estimate of drug-likeness (QED) is 0.894. The minimum absolute atomic E-state index is 0.448. The molecule has 20 heavy (non-hydrogen) atoms. The third-order valence-electron chi connectivity index (χ3n) is 3.32. The third kappa shape index (κ3) is 4.81. The van der Waals surface area contributed by atoms with Gasteiger partial charge in [0, 0.05) is 26.2 Å². The molecular weight excluding hydrogens is 271 g/mol. The molecule has 7 heteroatoms. The molecule has 1 aromatic rings. The van der Waals surface area contributed by atoms with Crippen LogP contribution in [0, 0.1) is 0 Å². The smallest absolute Gasteiger partial charge is 0.401 e. The van der Waals surface area contributed by atoms with Crippen molar-refractivity contribution in [2.24, 2.45) is 0 Å². The van der Waals surface area contributed by atoms with Gasteiger partial charge in [0.1, 0.15) is 11.5 Å². The normalized spacial score (nSPS) is 18.6. The van der Waals surface area contributed by atoms with Gasteiger partial charge in [-0.15, -0.1) is 0 Å². The summed E-state index contributed by atoms with van der Waals surface area (Å²) in [4.78, 5) is 3.57.